The second-order valence-electron chi connectivity index (χ2n) is 4.28. The van der Waals surface area contributed by atoms with Gasteiger partial charge in [-0.3, -0.25) is 0 Å². The van der Waals surface area contributed by atoms with Crippen molar-refractivity contribution in [2.45, 2.75) is 13.5 Å². The predicted molar refractivity (Wildman–Crippen MR) is 75.2 cm³/mol. The van der Waals surface area contributed by atoms with Crippen molar-refractivity contribution in [3.8, 4) is 0 Å². The van der Waals surface area contributed by atoms with Gasteiger partial charge in [0.2, 0.25) is 5.28 Å². The third-order valence-electron chi connectivity index (χ3n) is 2.84. The summed E-state index contributed by atoms with van der Waals surface area (Å²) < 4.78 is 0. The SMILES string of the molecule is Cc1ccc(CNc2nc(Cl)nc3nc[nH]c23)cc1. The molecule has 0 radical (unpaired) electrons. The molecule has 96 valence electrons. The van der Waals surface area contributed by atoms with Crippen molar-refractivity contribution in [2.24, 2.45) is 0 Å². The first-order valence-electron chi connectivity index (χ1n) is 5.88. The highest BCUT2D eigenvalue weighted by Gasteiger charge is 2.08. The second kappa shape index (κ2) is 4.85. The van der Waals surface area contributed by atoms with Gasteiger partial charge in [0.25, 0.3) is 0 Å². The van der Waals surface area contributed by atoms with Crippen molar-refractivity contribution in [2.75, 3.05) is 5.32 Å². The van der Waals surface area contributed by atoms with E-state index in [4.69, 9.17) is 11.6 Å². The van der Waals surface area contributed by atoms with Gasteiger partial charge in [0.15, 0.2) is 11.5 Å². The third-order valence-corrected chi connectivity index (χ3v) is 3.01. The summed E-state index contributed by atoms with van der Waals surface area (Å²) in [6.07, 6.45) is 1.58. The molecule has 0 spiro atoms. The number of benzene rings is 1. The van der Waals surface area contributed by atoms with E-state index in [0.717, 1.165) is 5.52 Å². The summed E-state index contributed by atoms with van der Waals surface area (Å²) in [5, 5.41) is 3.43. The lowest BCUT2D eigenvalue weighted by Crippen LogP contribution is -2.03. The average molecular weight is 274 g/mol. The van der Waals surface area contributed by atoms with Gasteiger partial charge in [-0.05, 0) is 24.1 Å². The lowest BCUT2D eigenvalue weighted by molar-refractivity contribution is 1.09. The Morgan fingerprint density at radius 2 is 2.00 bits per heavy atom. The number of hydrogen-bond donors (Lipinski definition) is 2. The highest BCUT2D eigenvalue weighted by atomic mass is 35.5. The number of aryl methyl sites for hydroxylation is 1. The molecule has 19 heavy (non-hydrogen) atoms. The molecule has 2 aromatic heterocycles. The number of H-pyrrole nitrogens is 1. The molecule has 0 aliphatic rings. The van der Waals surface area contributed by atoms with Crippen LogP contribution in [0.1, 0.15) is 11.1 Å². The Labute approximate surface area is 115 Å². The Morgan fingerprint density at radius 1 is 1.21 bits per heavy atom. The first-order chi connectivity index (χ1) is 9.22. The number of nitrogens with zero attached hydrogens (tertiary/aromatic N) is 3. The van der Waals surface area contributed by atoms with E-state index in [1.165, 1.54) is 11.1 Å². The zero-order chi connectivity index (χ0) is 13.2. The Hall–Kier alpha value is -2.14. The fraction of sp³-hybridized carbons (Fsp3) is 0.154. The summed E-state index contributed by atoms with van der Waals surface area (Å²) in [6.45, 7) is 2.73. The standard InChI is InChI=1S/C13H12ClN5/c1-8-2-4-9(5-3-8)6-15-11-10-12(17-7-16-10)19-13(14)18-11/h2-5,7H,6H2,1H3,(H2,15,16,17,18,19). The van der Waals surface area contributed by atoms with E-state index in [-0.39, 0.29) is 5.28 Å². The molecule has 1 aromatic carbocycles. The number of nitrogens with one attached hydrogen (secondary N) is 2. The number of imidazole rings is 1. The Balaban J connectivity index is 1.85. The molecule has 3 aromatic rings. The van der Waals surface area contributed by atoms with Gasteiger partial charge in [0.05, 0.1) is 6.33 Å². The third kappa shape index (κ3) is 2.51. The van der Waals surface area contributed by atoms with Crippen LogP contribution in [0.5, 0.6) is 0 Å². The minimum atomic E-state index is 0.186. The minimum Gasteiger partial charge on any atom is -0.364 e. The van der Waals surface area contributed by atoms with Crippen LogP contribution in [-0.2, 0) is 6.54 Å². The van der Waals surface area contributed by atoms with Crippen molar-refractivity contribution in [1.82, 2.24) is 19.9 Å². The molecule has 0 saturated carbocycles. The highest BCUT2D eigenvalue weighted by molar-refractivity contribution is 6.28. The normalized spacial score (nSPS) is 10.8. The Bertz CT molecular complexity index is 705. The van der Waals surface area contributed by atoms with Crippen LogP contribution in [0.15, 0.2) is 30.6 Å². The molecule has 0 fully saturated rings. The number of fused-ring (bicyclic) bond motifs is 1. The number of anilines is 1. The number of aromatic amines is 1. The summed E-state index contributed by atoms with van der Waals surface area (Å²) >= 11 is 5.87. The van der Waals surface area contributed by atoms with E-state index in [0.29, 0.717) is 18.0 Å². The predicted octanol–water partition coefficient (Wildman–Crippen LogP) is 2.93. The monoisotopic (exact) mass is 273 g/mol. The maximum Gasteiger partial charge on any atom is 0.226 e. The van der Waals surface area contributed by atoms with Crippen LogP contribution < -0.4 is 5.32 Å². The largest absolute Gasteiger partial charge is 0.364 e. The summed E-state index contributed by atoms with van der Waals surface area (Å²) in [7, 11) is 0. The summed E-state index contributed by atoms with van der Waals surface area (Å²) in [5.41, 5.74) is 3.74. The van der Waals surface area contributed by atoms with Crippen molar-refractivity contribution in [1.29, 1.82) is 0 Å². The second-order valence-corrected chi connectivity index (χ2v) is 4.62. The topological polar surface area (TPSA) is 66.5 Å². The van der Waals surface area contributed by atoms with Gasteiger partial charge in [-0.1, -0.05) is 29.8 Å². The molecule has 0 unspecified atom stereocenters. The van der Waals surface area contributed by atoms with E-state index < -0.39 is 0 Å². The fourth-order valence-electron chi connectivity index (χ4n) is 1.83. The molecule has 0 atom stereocenters. The van der Waals surface area contributed by atoms with Gasteiger partial charge in [0.1, 0.15) is 5.52 Å². The minimum absolute atomic E-state index is 0.186. The maximum absolute atomic E-state index is 5.87. The van der Waals surface area contributed by atoms with E-state index in [1.807, 2.05) is 0 Å². The molecule has 6 heteroatoms. The first-order valence-corrected chi connectivity index (χ1v) is 6.26. The highest BCUT2D eigenvalue weighted by Crippen LogP contribution is 2.19. The van der Waals surface area contributed by atoms with Crippen molar-refractivity contribution < 1.29 is 0 Å². The zero-order valence-corrected chi connectivity index (χ0v) is 11.1. The molecule has 0 amide bonds. The van der Waals surface area contributed by atoms with E-state index in [9.17, 15) is 0 Å². The number of aromatic nitrogens is 4. The lowest BCUT2D eigenvalue weighted by atomic mass is 10.1. The number of rotatable bonds is 3. The smallest absolute Gasteiger partial charge is 0.226 e. The Kier molecular flexibility index (Phi) is 3.05. The molecular weight excluding hydrogens is 262 g/mol. The summed E-state index contributed by atoms with van der Waals surface area (Å²) in [4.78, 5) is 15.3. The molecule has 0 bridgehead atoms. The van der Waals surface area contributed by atoms with Gasteiger partial charge < -0.3 is 10.3 Å². The van der Waals surface area contributed by atoms with Crippen LogP contribution in [0.4, 0.5) is 5.82 Å². The quantitative estimate of drug-likeness (QED) is 0.720. The van der Waals surface area contributed by atoms with E-state index in [1.54, 1.807) is 6.33 Å². The maximum atomic E-state index is 5.87. The Morgan fingerprint density at radius 3 is 2.79 bits per heavy atom. The summed E-state index contributed by atoms with van der Waals surface area (Å²) in [6, 6.07) is 8.32. The molecule has 0 aliphatic carbocycles. The van der Waals surface area contributed by atoms with Crippen LogP contribution in [0, 0.1) is 6.92 Å². The molecule has 3 rings (SSSR count). The molecule has 0 aliphatic heterocycles. The van der Waals surface area contributed by atoms with Crippen molar-refractivity contribution in [3.05, 3.63) is 47.0 Å². The molecule has 2 N–H and O–H groups in total. The van der Waals surface area contributed by atoms with Gasteiger partial charge in [0, 0.05) is 6.54 Å². The van der Waals surface area contributed by atoms with Crippen LogP contribution in [-0.4, -0.2) is 19.9 Å². The van der Waals surface area contributed by atoms with Crippen LogP contribution in [0.25, 0.3) is 11.2 Å². The first kappa shape index (κ1) is 11.9. The van der Waals surface area contributed by atoms with Gasteiger partial charge in [-0.25, -0.2) is 4.98 Å². The van der Waals surface area contributed by atoms with Crippen LogP contribution in [0.2, 0.25) is 5.28 Å². The van der Waals surface area contributed by atoms with E-state index in [2.05, 4.69) is 56.4 Å². The van der Waals surface area contributed by atoms with Crippen molar-refractivity contribution in [3.63, 3.8) is 0 Å². The van der Waals surface area contributed by atoms with E-state index >= 15 is 0 Å². The molecule has 5 nitrogen and oxygen atoms in total. The lowest BCUT2D eigenvalue weighted by Gasteiger charge is -2.07. The number of halogens is 1. The van der Waals surface area contributed by atoms with Gasteiger partial charge in [-0.2, -0.15) is 9.97 Å². The molecule has 0 saturated heterocycles. The van der Waals surface area contributed by atoms with Crippen molar-refractivity contribution >= 4 is 28.6 Å². The van der Waals surface area contributed by atoms with Crippen LogP contribution >= 0.6 is 11.6 Å². The summed E-state index contributed by atoms with van der Waals surface area (Å²) in [5.74, 6) is 0.660. The van der Waals surface area contributed by atoms with Gasteiger partial charge >= 0.3 is 0 Å². The average Bonchev–Trinajstić information content (AvgIpc) is 2.85. The number of hydrogen-bond acceptors (Lipinski definition) is 4. The van der Waals surface area contributed by atoms with Gasteiger partial charge in [-0.15, -0.1) is 0 Å². The molecular formula is C13H12ClN5. The zero-order valence-electron chi connectivity index (χ0n) is 10.3. The van der Waals surface area contributed by atoms with Crippen LogP contribution in [0.3, 0.4) is 0 Å². The fourth-order valence-corrected chi connectivity index (χ4v) is 1.99. The molecule has 2 heterocycles.